The van der Waals surface area contributed by atoms with Gasteiger partial charge < -0.3 is 4.90 Å². The van der Waals surface area contributed by atoms with E-state index in [9.17, 15) is 4.79 Å². The Hall–Kier alpha value is -1.98. The van der Waals surface area contributed by atoms with Gasteiger partial charge in [0.15, 0.2) is 0 Å². The summed E-state index contributed by atoms with van der Waals surface area (Å²) in [6.45, 7) is 1.45. The number of hydrogen-bond donors (Lipinski definition) is 0. The second-order valence-corrected chi connectivity index (χ2v) is 7.47. The molecule has 4 rings (SSSR count). The summed E-state index contributed by atoms with van der Waals surface area (Å²) < 4.78 is 1.20. The van der Waals surface area contributed by atoms with Crippen LogP contribution in [0.1, 0.15) is 34.3 Å². The van der Waals surface area contributed by atoms with Gasteiger partial charge in [0.2, 0.25) is 0 Å². The largest absolute Gasteiger partial charge is 0.337 e. The number of thiazole rings is 1. The Labute approximate surface area is 149 Å². The minimum absolute atomic E-state index is 0.0525. The number of nitrogens with zero attached hydrogens (tertiary/aromatic N) is 3. The first kappa shape index (κ1) is 15.5. The molecule has 1 amide bonds. The third kappa shape index (κ3) is 3.01. The van der Waals surface area contributed by atoms with Crippen molar-refractivity contribution in [2.75, 3.05) is 13.1 Å². The quantitative estimate of drug-likeness (QED) is 0.684. The van der Waals surface area contributed by atoms with Gasteiger partial charge in [-0.05, 0) is 37.1 Å². The van der Waals surface area contributed by atoms with Crippen molar-refractivity contribution in [1.82, 2.24) is 14.9 Å². The van der Waals surface area contributed by atoms with Crippen LogP contribution in [0.2, 0.25) is 5.02 Å². The lowest BCUT2D eigenvalue weighted by molar-refractivity contribution is 0.0701. The lowest BCUT2D eigenvalue weighted by Crippen LogP contribution is -2.39. The highest BCUT2D eigenvalue weighted by molar-refractivity contribution is 7.18. The van der Waals surface area contributed by atoms with Crippen LogP contribution < -0.4 is 0 Å². The molecule has 0 radical (unpaired) electrons. The molecule has 1 saturated heterocycles. The summed E-state index contributed by atoms with van der Waals surface area (Å²) in [5, 5.41) is 1.65. The molecule has 1 atom stereocenters. The Kier molecular flexibility index (Phi) is 4.21. The Bertz CT molecular complexity index is 862. The molecule has 3 aromatic rings. The number of likely N-dealkylation sites (tertiary alicyclic amines) is 1. The number of pyridine rings is 1. The molecule has 3 heterocycles. The zero-order valence-corrected chi connectivity index (χ0v) is 14.6. The fraction of sp³-hybridized carbons (Fsp3) is 0.278. The van der Waals surface area contributed by atoms with E-state index in [0.717, 1.165) is 29.9 Å². The molecule has 0 N–H and O–H groups in total. The highest BCUT2D eigenvalue weighted by Gasteiger charge is 2.28. The van der Waals surface area contributed by atoms with Crippen molar-refractivity contribution < 1.29 is 4.79 Å². The molecule has 6 heteroatoms. The second kappa shape index (κ2) is 6.49. The van der Waals surface area contributed by atoms with Crippen molar-refractivity contribution in [2.24, 2.45) is 0 Å². The van der Waals surface area contributed by atoms with Gasteiger partial charge in [0.1, 0.15) is 5.69 Å². The van der Waals surface area contributed by atoms with Crippen molar-refractivity contribution in [3.8, 4) is 0 Å². The number of aromatic nitrogens is 2. The number of benzene rings is 1. The summed E-state index contributed by atoms with van der Waals surface area (Å²) in [6.07, 6.45) is 3.62. The van der Waals surface area contributed by atoms with E-state index < -0.39 is 0 Å². The van der Waals surface area contributed by atoms with E-state index in [-0.39, 0.29) is 5.91 Å². The number of fused-ring (bicyclic) bond motifs is 1. The Morgan fingerprint density at radius 2 is 2.17 bits per heavy atom. The van der Waals surface area contributed by atoms with Crippen molar-refractivity contribution in [3.63, 3.8) is 0 Å². The molecule has 4 nitrogen and oxygen atoms in total. The molecule has 1 fully saturated rings. The lowest BCUT2D eigenvalue weighted by Gasteiger charge is -2.31. The van der Waals surface area contributed by atoms with E-state index in [1.54, 1.807) is 29.7 Å². The lowest BCUT2D eigenvalue weighted by atomic mass is 9.98. The third-order valence-electron chi connectivity index (χ3n) is 4.31. The zero-order chi connectivity index (χ0) is 16.5. The van der Waals surface area contributed by atoms with Gasteiger partial charge in [-0.25, -0.2) is 4.98 Å². The van der Waals surface area contributed by atoms with E-state index in [4.69, 9.17) is 16.6 Å². The molecule has 0 bridgehead atoms. The first-order chi connectivity index (χ1) is 11.7. The second-order valence-electron chi connectivity index (χ2n) is 5.97. The zero-order valence-electron chi connectivity index (χ0n) is 13.0. The van der Waals surface area contributed by atoms with Gasteiger partial charge in [-0.3, -0.25) is 9.78 Å². The number of carbonyl (C=O) groups is 1. The first-order valence-corrected chi connectivity index (χ1v) is 9.16. The minimum atomic E-state index is -0.0525. The predicted molar refractivity (Wildman–Crippen MR) is 96.7 cm³/mol. The maximum absolute atomic E-state index is 12.7. The van der Waals surface area contributed by atoms with Crippen LogP contribution in [0.3, 0.4) is 0 Å². The first-order valence-electron chi connectivity index (χ1n) is 7.97. The normalized spacial score (nSPS) is 18.0. The molecule has 0 unspecified atom stereocenters. The fourth-order valence-electron chi connectivity index (χ4n) is 3.11. The standard InChI is InChI=1S/C18H16ClN3OS/c19-13-7-8-20-15(10-13)18(23)22-9-3-4-12(11-22)17-21-14-5-1-2-6-16(14)24-17/h1-2,5-8,10,12H,3-4,9,11H2/t12-/m0/s1. The maximum atomic E-state index is 12.7. The molecular weight excluding hydrogens is 342 g/mol. The van der Waals surface area contributed by atoms with Crippen molar-refractivity contribution >= 4 is 39.1 Å². The molecule has 1 aromatic carbocycles. The maximum Gasteiger partial charge on any atom is 0.272 e. The van der Waals surface area contributed by atoms with Crippen LogP contribution in [0.4, 0.5) is 0 Å². The minimum Gasteiger partial charge on any atom is -0.337 e. The van der Waals surface area contributed by atoms with Gasteiger partial charge >= 0.3 is 0 Å². The van der Waals surface area contributed by atoms with Crippen LogP contribution in [-0.2, 0) is 0 Å². The number of para-hydroxylation sites is 1. The van der Waals surface area contributed by atoms with Crippen LogP contribution in [0.15, 0.2) is 42.6 Å². The average Bonchev–Trinajstić information content (AvgIpc) is 3.05. The summed E-state index contributed by atoms with van der Waals surface area (Å²) >= 11 is 7.71. The number of piperidine rings is 1. The smallest absolute Gasteiger partial charge is 0.272 e. The van der Waals surface area contributed by atoms with Gasteiger partial charge in [-0.15, -0.1) is 11.3 Å². The monoisotopic (exact) mass is 357 g/mol. The van der Waals surface area contributed by atoms with Crippen LogP contribution in [-0.4, -0.2) is 33.9 Å². The summed E-state index contributed by atoms with van der Waals surface area (Å²) in [6, 6.07) is 11.5. The van der Waals surface area contributed by atoms with Gasteiger partial charge in [-0.2, -0.15) is 0 Å². The Morgan fingerprint density at radius 3 is 3.00 bits per heavy atom. The summed E-state index contributed by atoms with van der Waals surface area (Å²) in [5.41, 5.74) is 1.45. The van der Waals surface area contributed by atoms with Crippen LogP contribution in [0, 0.1) is 0 Å². The van der Waals surface area contributed by atoms with Gasteiger partial charge in [-0.1, -0.05) is 23.7 Å². The summed E-state index contributed by atoms with van der Waals surface area (Å²) in [4.78, 5) is 23.5. The number of rotatable bonds is 2. The Balaban J connectivity index is 1.56. The van der Waals surface area contributed by atoms with E-state index in [1.807, 2.05) is 23.1 Å². The molecule has 0 spiro atoms. The highest BCUT2D eigenvalue weighted by Crippen LogP contribution is 2.33. The van der Waals surface area contributed by atoms with Gasteiger partial charge in [0.05, 0.1) is 15.2 Å². The molecule has 0 aliphatic carbocycles. The molecule has 1 aliphatic rings. The third-order valence-corrected chi connectivity index (χ3v) is 5.74. The van der Waals surface area contributed by atoms with Crippen molar-refractivity contribution in [3.05, 3.63) is 58.3 Å². The number of halogens is 1. The topological polar surface area (TPSA) is 46.1 Å². The van der Waals surface area contributed by atoms with E-state index in [2.05, 4.69) is 11.1 Å². The number of hydrogen-bond acceptors (Lipinski definition) is 4. The predicted octanol–water partition coefficient (Wildman–Crippen LogP) is 4.36. The number of amides is 1. The molecule has 0 saturated carbocycles. The molecule has 122 valence electrons. The average molecular weight is 358 g/mol. The van der Waals surface area contributed by atoms with Crippen LogP contribution in [0.25, 0.3) is 10.2 Å². The van der Waals surface area contributed by atoms with Crippen LogP contribution >= 0.6 is 22.9 Å². The van der Waals surface area contributed by atoms with E-state index >= 15 is 0 Å². The molecular formula is C18H16ClN3OS. The molecule has 1 aliphatic heterocycles. The van der Waals surface area contributed by atoms with E-state index in [0.29, 0.717) is 23.2 Å². The van der Waals surface area contributed by atoms with Crippen LogP contribution in [0.5, 0.6) is 0 Å². The van der Waals surface area contributed by atoms with Crippen molar-refractivity contribution in [1.29, 1.82) is 0 Å². The summed E-state index contributed by atoms with van der Waals surface area (Å²) in [5.74, 6) is 0.239. The fourth-order valence-corrected chi connectivity index (χ4v) is 4.36. The highest BCUT2D eigenvalue weighted by atomic mass is 35.5. The SMILES string of the molecule is O=C(c1cc(Cl)ccn1)N1CCC[C@H](c2nc3ccccc3s2)C1. The summed E-state index contributed by atoms with van der Waals surface area (Å²) in [7, 11) is 0. The molecule has 2 aromatic heterocycles. The number of carbonyl (C=O) groups excluding carboxylic acids is 1. The Morgan fingerprint density at radius 1 is 1.29 bits per heavy atom. The molecule has 24 heavy (non-hydrogen) atoms. The van der Waals surface area contributed by atoms with Crippen molar-refractivity contribution in [2.45, 2.75) is 18.8 Å². The van der Waals surface area contributed by atoms with Gasteiger partial charge in [0.25, 0.3) is 5.91 Å². The van der Waals surface area contributed by atoms with Gasteiger partial charge in [0, 0.05) is 30.2 Å². The van der Waals surface area contributed by atoms with E-state index in [1.165, 1.54) is 4.70 Å².